The molecule has 0 aliphatic carbocycles. The van der Waals surface area contributed by atoms with Crippen molar-refractivity contribution in [3.05, 3.63) is 53.5 Å². The number of amides is 1. The predicted molar refractivity (Wildman–Crippen MR) is 171 cm³/mol. The SMILES string of the molecule is C=CC(=O)N1C[C@H](C)N(c2nc(N3CC(N(C)C(C)C)C3)nc3c(F)c(-c4c(C)ccc5cn[nH]c45)c(Cl)cc23)C[C@H]1C. The van der Waals surface area contributed by atoms with Gasteiger partial charge in [-0.2, -0.15) is 10.1 Å². The van der Waals surface area contributed by atoms with E-state index < -0.39 is 5.82 Å². The highest BCUT2D eigenvalue weighted by atomic mass is 35.5. The van der Waals surface area contributed by atoms with Crippen LogP contribution in [0.3, 0.4) is 0 Å². The van der Waals surface area contributed by atoms with Gasteiger partial charge in [-0.25, -0.2) is 9.37 Å². The van der Waals surface area contributed by atoms with E-state index in [0.29, 0.717) is 53.5 Å². The molecule has 43 heavy (non-hydrogen) atoms. The van der Waals surface area contributed by atoms with Crippen molar-refractivity contribution >= 4 is 51.1 Å². The standard InChI is InChI=1S/C32H38ClFN8O/c1-8-25(43)41-13-20(6)42(14-19(41)5)31-23-11-24(33)27(26-18(4)9-10-21-12-35-38-29(21)26)28(34)30(23)36-32(37-31)40-15-22(16-40)39(7)17(2)3/h8-12,17,19-20,22H,1,13-16H2,2-7H3,(H,35,38)/t19-,20+/m1/s1. The first-order valence-corrected chi connectivity index (χ1v) is 15.2. The number of hydrogen-bond donors (Lipinski definition) is 1. The molecule has 0 bridgehead atoms. The molecule has 6 rings (SSSR count). The van der Waals surface area contributed by atoms with Crippen LogP contribution in [0.1, 0.15) is 33.3 Å². The normalized spacial score (nSPS) is 19.6. The molecule has 0 unspecified atom stereocenters. The molecule has 2 aliphatic rings. The van der Waals surface area contributed by atoms with Crippen molar-refractivity contribution in [3.63, 3.8) is 0 Å². The van der Waals surface area contributed by atoms with E-state index in [4.69, 9.17) is 21.6 Å². The number of carbonyl (C=O) groups is 1. The number of rotatable bonds is 6. The second-order valence-corrected chi connectivity index (χ2v) is 12.7. The zero-order valence-electron chi connectivity index (χ0n) is 25.5. The topological polar surface area (TPSA) is 84.5 Å². The highest BCUT2D eigenvalue weighted by Crippen LogP contribution is 2.43. The molecule has 4 aromatic rings. The molecule has 9 nitrogen and oxygen atoms in total. The number of likely N-dealkylation sites (N-methyl/N-ethyl adjacent to an activating group) is 1. The number of piperazine rings is 1. The maximum absolute atomic E-state index is 16.9. The van der Waals surface area contributed by atoms with Gasteiger partial charge in [-0.1, -0.05) is 30.3 Å². The van der Waals surface area contributed by atoms with Crippen LogP contribution in [0.5, 0.6) is 0 Å². The van der Waals surface area contributed by atoms with E-state index in [1.54, 1.807) is 12.3 Å². The summed E-state index contributed by atoms with van der Waals surface area (Å²) in [5, 5.41) is 8.90. The number of hydrogen-bond acceptors (Lipinski definition) is 7. The molecule has 0 spiro atoms. The third-order valence-electron chi connectivity index (χ3n) is 9.18. The average molecular weight is 605 g/mol. The molecule has 11 heteroatoms. The molecular weight excluding hydrogens is 567 g/mol. The zero-order chi connectivity index (χ0) is 30.7. The Morgan fingerprint density at radius 1 is 1.16 bits per heavy atom. The van der Waals surface area contributed by atoms with E-state index in [2.05, 4.69) is 59.3 Å². The van der Waals surface area contributed by atoms with Crippen molar-refractivity contribution in [1.29, 1.82) is 0 Å². The number of aromatic amines is 1. The summed E-state index contributed by atoms with van der Waals surface area (Å²) in [6.07, 6.45) is 3.07. The van der Waals surface area contributed by atoms with E-state index in [-0.39, 0.29) is 28.5 Å². The lowest BCUT2D eigenvalue weighted by Gasteiger charge is -2.46. The highest BCUT2D eigenvalue weighted by Gasteiger charge is 2.37. The van der Waals surface area contributed by atoms with E-state index in [1.807, 2.05) is 30.9 Å². The van der Waals surface area contributed by atoms with Crippen molar-refractivity contribution in [3.8, 4) is 11.1 Å². The largest absolute Gasteiger partial charge is 0.349 e. The van der Waals surface area contributed by atoms with Gasteiger partial charge in [0.15, 0.2) is 5.82 Å². The molecule has 2 aromatic carbocycles. The fourth-order valence-corrected chi connectivity index (χ4v) is 6.63. The molecule has 0 radical (unpaired) electrons. The smallest absolute Gasteiger partial charge is 0.246 e. The van der Waals surface area contributed by atoms with E-state index >= 15 is 4.39 Å². The minimum Gasteiger partial charge on any atom is -0.349 e. The Labute approximate surface area is 256 Å². The van der Waals surface area contributed by atoms with Crippen molar-refractivity contribution < 1.29 is 9.18 Å². The second kappa shape index (κ2) is 11.1. The van der Waals surface area contributed by atoms with Crippen LogP contribution in [0.4, 0.5) is 16.2 Å². The Morgan fingerprint density at radius 2 is 1.91 bits per heavy atom. The highest BCUT2D eigenvalue weighted by molar-refractivity contribution is 6.35. The van der Waals surface area contributed by atoms with Gasteiger partial charge in [0.2, 0.25) is 11.9 Å². The van der Waals surface area contributed by atoms with Crippen LogP contribution in [-0.4, -0.2) is 93.3 Å². The van der Waals surface area contributed by atoms with E-state index in [1.165, 1.54) is 6.08 Å². The summed E-state index contributed by atoms with van der Waals surface area (Å²) in [5.74, 6) is 0.517. The van der Waals surface area contributed by atoms with Crippen LogP contribution >= 0.6 is 11.6 Å². The number of H-pyrrole nitrogens is 1. The fourth-order valence-electron chi connectivity index (χ4n) is 6.34. The molecule has 1 N–H and O–H groups in total. The summed E-state index contributed by atoms with van der Waals surface area (Å²) in [6, 6.07) is 6.29. The Bertz CT molecular complexity index is 1730. The second-order valence-electron chi connectivity index (χ2n) is 12.2. The van der Waals surface area contributed by atoms with Crippen molar-refractivity contribution in [2.75, 3.05) is 43.0 Å². The lowest BCUT2D eigenvalue weighted by Crippen LogP contribution is -2.60. The quantitative estimate of drug-likeness (QED) is 0.294. The number of nitrogens with one attached hydrogen (secondary N) is 1. The Hall–Kier alpha value is -3.76. The van der Waals surface area contributed by atoms with Gasteiger partial charge in [-0.3, -0.25) is 14.8 Å². The summed E-state index contributed by atoms with van der Waals surface area (Å²) in [5.41, 5.74) is 2.78. The van der Waals surface area contributed by atoms with Crippen LogP contribution in [-0.2, 0) is 4.79 Å². The number of nitrogens with zero attached hydrogens (tertiary/aromatic N) is 7. The molecule has 2 fully saturated rings. The van der Waals surface area contributed by atoms with Gasteiger partial charge in [0.1, 0.15) is 11.3 Å². The molecule has 2 saturated heterocycles. The van der Waals surface area contributed by atoms with Crippen LogP contribution in [0, 0.1) is 12.7 Å². The van der Waals surface area contributed by atoms with Gasteiger partial charge >= 0.3 is 0 Å². The number of fused-ring (bicyclic) bond motifs is 2. The zero-order valence-corrected chi connectivity index (χ0v) is 26.3. The Balaban J connectivity index is 1.51. The van der Waals surface area contributed by atoms with Crippen LogP contribution in [0.2, 0.25) is 5.02 Å². The van der Waals surface area contributed by atoms with Crippen LogP contribution in [0.25, 0.3) is 32.9 Å². The monoisotopic (exact) mass is 604 g/mol. The van der Waals surface area contributed by atoms with E-state index in [9.17, 15) is 4.79 Å². The van der Waals surface area contributed by atoms with Crippen molar-refractivity contribution in [2.24, 2.45) is 0 Å². The lowest BCUT2D eigenvalue weighted by atomic mass is 9.96. The first-order valence-electron chi connectivity index (χ1n) is 14.8. The van der Waals surface area contributed by atoms with Gasteiger partial charge < -0.3 is 14.7 Å². The third-order valence-corrected chi connectivity index (χ3v) is 9.48. The maximum atomic E-state index is 16.9. The van der Waals surface area contributed by atoms with Gasteiger partial charge in [0.25, 0.3) is 0 Å². The number of anilines is 2. The van der Waals surface area contributed by atoms with Gasteiger partial charge in [0, 0.05) is 72.2 Å². The van der Waals surface area contributed by atoms with Gasteiger partial charge in [-0.15, -0.1) is 0 Å². The van der Waals surface area contributed by atoms with Gasteiger partial charge in [-0.05, 0) is 59.4 Å². The Morgan fingerprint density at radius 3 is 2.60 bits per heavy atom. The molecule has 4 heterocycles. The minimum absolute atomic E-state index is 0.0789. The number of benzene rings is 2. The fraction of sp³-hybridized carbons (Fsp3) is 0.438. The summed E-state index contributed by atoms with van der Waals surface area (Å²) in [6.45, 7) is 16.5. The molecule has 0 saturated carbocycles. The molecule has 1 amide bonds. The number of halogens is 2. The van der Waals surface area contributed by atoms with E-state index in [0.717, 1.165) is 29.6 Å². The third kappa shape index (κ3) is 4.90. The van der Waals surface area contributed by atoms with Crippen molar-refractivity contribution in [1.82, 2.24) is 30.0 Å². The Kier molecular flexibility index (Phi) is 7.54. The summed E-state index contributed by atoms with van der Waals surface area (Å²) >= 11 is 6.94. The summed E-state index contributed by atoms with van der Waals surface area (Å²) in [7, 11) is 2.12. The average Bonchev–Trinajstić information content (AvgIpc) is 3.43. The van der Waals surface area contributed by atoms with Gasteiger partial charge in [0.05, 0.1) is 16.7 Å². The first kappa shape index (κ1) is 29.3. The lowest BCUT2D eigenvalue weighted by molar-refractivity contribution is -0.128. The summed E-state index contributed by atoms with van der Waals surface area (Å²) in [4.78, 5) is 30.9. The number of carbonyl (C=O) groups excluding carboxylic acids is 1. The van der Waals surface area contributed by atoms with Crippen LogP contribution in [0.15, 0.2) is 37.1 Å². The predicted octanol–water partition coefficient (Wildman–Crippen LogP) is 5.41. The maximum Gasteiger partial charge on any atom is 0.246 e. The minimum atomic E-state index is -0.491. The molecular formula is C32H38ClFN8O. The molecule has 226 valence electrons. The number of aromatic nitrogens is 4. The van der Waals surface area contributed by atoms with Crippen LogP contribution < -0.4 is 9.80 Å². The molecule has 2 aromatic heterocycles. The van der Waals surface area contributed by atoms with Crippen molar-refractivity contribution in [2.45, 2.75) is 58.8 Å². The first-order chi connectivity index (χ1) is 20.5. The summed E-state index contributed by atoms with van der Waals surface area (Å²) < 4.78 is 16.9. The molecule has 2 atom stereocenters. The molecule has 2 aliphatic heterocycles. The number of aryl methyl sites for hydroxylation is 1.